The SMILES string of the molecule is NC(=O)c1cnc(N[C@H]2CCCNC2)c2cc(-n3ncc4ccccc43)sc12. The van der Waals surface area contributed by atoms with Crippen LogP contribution < -0.4 is 16.4 Å². The van der Waals surface area contributed by atoms with Gasteiger partial charge in [0.15, 0.2) is 0 Å². The Labute approximate surface area is 165 Å². The molecule has 1 aliphatic rings. The number of nitrogens with two attached hydrogens (primary N) is 1. The summed E-state index contributed by atoms with van der Waals surface area (Å²) >= 11 is 1.50. The maximum atomic E-state index is 12.0. The molecule has 1 aromatic carbocycles. The Balaban J connectivity index is 1.64. The predicted molar refractivity (Wildman–Crippen MR) is 112 cm³/mol. The fourth-order valence-electron chi connectivity index (χ4n) is 3.72. The average molecular weight is 392 g/mol. The highest BCUT2D eigenvalue weighted by molar-refractivity contribution is 7.21. The van der Waals surface area contributed by atoms with Crippen LogP contribution >= 0.6 is 11.3 Å². The molecule has 0 aliphatic carbocycles. The number of hydrogen-bond donors (Lipinski definition) is 3. The van der Waals surface area contributed by atoms with Gasteiger partial charge in [0.2, 0.25) is 0 Å². The Kier molecular flexibility index (Phi) is 4.22. The number of rotatable bonds is 4. The van der Waals surface area contributed by atoms with E-state index in [1.165, 1.54) is 11.3 Å². The van der Waals surface area contributed by atoms with Gasteiger partial charge in [-0.3, -0.25) is 4.79 Å². The van der Waals surface area contributed by atoms with Crippen molar-refractivity contribution in [3.05, 3.63) is 48.3 Å². The zero-order valence-corrected chi connectivity index (χ0v) is 16.0. The van der Waals surface area contributed by atoms with E-state index in [-0.39, 0.29) is 0 Å². The van der Waals surface area contributed by atoms with Gasteiger partial charge in [0, 0.05) is 29.6 Å². The highest BCUT2D eigenvalue weighted by Gasteiger charge is 2.20. The van der Waals surface area contributed by atoms with E-state index >= 15 is 0 Å². The second-order valence-corrected chi connectivity index (χ2v) is 8.05. The lowest BCUT2D eigenvalue weighted by Gasteiger charge is -2.24. The molecule has 142 valence electrons. The van der Waals surface area contributed by atoms with Crippen molar-refractivity contribution in [2.75, 3.05) is 18.4 Å². The quantitative estimate of drug-likeness (QED) is 0.496. The molecule has 0 unspecified atom stereocenters. The first-order valence-electron chi connectivity index (χ1n) is 9.33. The predicted octanol–water partition coefficient (Wildman–Crippen LogP) is 2.90. The Hall–Kier alpha value is -2.97. The Morgan fingerprint density at radius 2 is 2.21 bits per heavy atom. The Morgan fingerprint density at radius 3 is 3.04 bits per heavy atom. The summed E-state index contributed by atoms with van der Waals surface area (Å²) in [5.41, 5.74) is 7.07. The molecule has 3 aromatic heterocycles. The summed E-state index contributed by atoms with van der Waals surface area (Å²) in [6.45, 7) is 1.96. The summed E-state index contributed by atoms with van der Waals surface area (Å²) in [4.78, 5) is 16.5. The van der Waals surface area contributed by atoms with E-state index < -0.39 is 5.91 Å². The standard InChI is InChI=1S/C20H20N6OS/c21-19(27)15-11-23-20(25-13-5-3-7-22-10-13)14-8-17(28-18(14)15)26-16-6-2-1-4-12(16)9-24-26/h1-2,4,6,8-9,11,13,22H,3,5,7,10H2,(H2,21,27)(H,23,25)/t13-/m0/s1. The van der Waals surface area contributed by atoms with E-state index in [2.05, 4.69) is 20.7 Å². The fraction of sp³-hybridized carbons (Fsp3) is 0.250. The summed E-state index contributed by atoms with van der Waals surface area (Å²) < 4.78 is 2.74. The zero-order chi connectivity index (χ0) is 19.1. The smallest absolute Gasteiger partial charge is 0.251 e. The number of carbonyl (C=O) groups is 1. The van der Waals surface area contributed by atoms with Gasteiger partial charge < -0.3 is 16.4 Å². The molecule has 1 fully saturated rings. The second-order valence-electron chi connectivity index (χ2n) is 7.01. The molecule has 4 N–H and O–H groups in total. The molecule has 0 spiro atoms. The van der Waals surface area contributed by atoms with Crippen LogP contribution in [0.5, 0.6) is 0 Å². The van der Waals surface area contributed by atoms with Crippen LogP contribution in [0.15, 0.2) is 42.7 Å². The van der Waals surface area contributed by atoms with Crippen molar-refractivity contribution in [3.63, 3.8) is 0 Å². The van der Waals surface area contributed by atoms with Crippen molar-refractivity contribution >= 4 is 44.1 Å². The minimum Gasteiger partial charge on any atom is -0.366 e. The van der Waals surface area contributed by atoms with E-state index in [9.17, 15) is 4.79 Å². The number of para-hydroxylation sites is 1. The van der Waals surface area contributed by atoms with Gasteiger partial charge >= 0.3 is 0 Å². The van der Waals surface area contributed by atoms with Crippen LogP contribution in [0.25, 0.3) is 26.0 Å². The number of fused-ring (bicyclic) bond motifs is 2. The number of thiophene rings is 1. The number of carbonyl (C=O) groups excluding carboxylic acids is 1. The Bertz CT molecular complexity index is 1170. The number of aromatic nitrogens is 3. The highest BCUT2D eigenvalue weighted by atomic mass is 32.1. The molecular weight excluding hydrogens is 372 g/mol. The topological polar surface area (TPSA) is 97.9 Å². The van der Waals surface area contributed by atoms with E-state index in [0.717, 1.165) is 57.7 Å². The number of pyridine rings is 1. The van der Waals surface area contributed by atoms with Crippen LogP contribution in [0.4, 0.5) is 5.82 Å². The van der Waals surface area contributed by atoms with Crippen molar-refractivity contribution in [1.29, 1.82) is 0 Å². The summed E-state index contributed by atoms with van der Waals surface area (Å²) in [6, 6.07) is 10.4. The maximum Gasteiger partial charge on any atom is 0.251 e. The summed E-state index contributed by atoms with van der Waals surface area (Å²) in [6.07, 6.45) is 5.65. The monoisotopic (exact) mass is 392 g/mol. The van der Waals surface area contributed by atoms with Crippen molar-refractivity contribution in [1.82, 2.24) is 20.1 Å². The first kappa shape index (κ1) is 17.2. The van der Waals surface area contributed by atoms with Gasteiger partial charge in [-0.1, -0.05) is 18.2 Å². The number of nitrogens with zero attached hydrogens (tertiary/aromatic N) is 3. The van der Waals surface area contributed by atoms with Gasteiger partial charge in [0.1, 0.15) is 10.8 Å². The van der Waals surface area contributed by atoms with E-state index in [1.807, 2.05) is 41.2 Å². The fourth-order valence-corrected chi connectivity index (χ4v) is 4.87. The van der Waals surface area contributed by atoms with Crippen LogP contribution in [0.3, 0.4) is 0 Å². The zero-order valence-electron chi connectivity index (χ0n) is 15.2. The maximum absolute atomic E-state index is 12.0. The normalized spacial score (nSPS) is 17.2. The molecule has 5 rings (SSSR count). The first-order valence-corrected chi connectivity index (χ1v) is 10.1. The van der Waals surface area contributed by atoms with E-state index in [1.54, 1.807) is 6.20 Å². The lowest BCUT2D eigenvalue weighted by atomic mass is 10.1. The number of piperidine rings is 1. The number of primary amides is 1. The number of hydrogen-bond acceptors (Lipinski definition) is 6. The second kappa shape index (κ2) is 6.88. The van der Waals surface area contributed by atoms with Crippen LogP contribution in [0, 0.1) is 0 Å². The molecule has 28 heavy (non-hydrogen) atoms. The van der Waals surface area contributed by atoms with Gasteiger partial charge in [-0.15, -0.1) is 11.3 Å². The molecule has 1 saturated heterocycles. The summed E-state index contributed by atoms with van der Waals surface area (Å²) in [7, 11) is 0. The van der Waals surface area contributed by atoms with Crippen LogP contribution in [-0.2, 0) is 0 Å². The van der Waals surface area contributed by atoms with Crippen molar-refractivity contribution in [3.8, 4) is 5.00 Å². The largest absolute Gasteiger partial charge is 0.366 e. The molecule has 0 bridgehead atoms. The van der Waals surface area contributed by atoms with Crippen LogP contribution in [-0.4, -0.2) is 39.8 Å². The highest BCUT2D eigenvalue weighted by Crippen LogP contribution is 2.36. The molecular formula is C20H20N6OS. The lowest BCUT2D eigenvalue weighted by Crippen LogP contribution is -2.38. The minimum atomic E-state index is -0.470. The van der Waals surface area contributed by atoms with Crippen molar-refractivity contribution in [2.24, 2.45) is 5.73 Å². The van der Waals surface area contributed by atoms with E-state index in [0.29, 0.717) is 11.6 Å². The van der Waals surface area contributed by atoms with Crippen molar-refractivity contribution in [2.45, 2.75) is 18.9 Å². The van der Waals surface area contributed by atoms with Crippen LogP contribution in [0.1, 0.15) is 23.2 Å². The molecule has 0 radical (unpaired) electrons. The molecule has 4 heterocycles. The third kappa shape index (κ3) is 2.90. The molecule has 0 saturated carbocycles. The molecule has 4 aromatic rings. The molecule has 1 atom stereocenters. The lowest BCUT2D eigenvalue weighted by molar-refractivity contribution is 0.100. The number of nitrogens with one attached hydrogen (secondary N) is 2. The molecule has 8 heteroatoms. The summed E-state index contributed by atoms with van der Waals surface area (Å²) in [5.74, 6) is 0.315. The van der Waals surface area contributed by atoms with Crippen LogP contribution in [0.2, 0.25) is 0 Å². The van der Waals surface area contributed by atoms with Gasteiger partial charge in [0.05, 0.1) is 22.0 Å². The number of anilines is 1. The van der Waals surface area contributed by atoms with Gasteiger partial charge in [-0.05, 0) is 31.5 Å². The average Bonchev–Trinajstić information content (AvgIpc) is 3.33. The van der Waals surface area contributed by atoms with E-state index in [4.69, 9.17) is 5.73 Å². The molecule has 1 amide bonds. The third-order valence-corrected chi connectivity index (χ3v) is 6.27. The minimum absolute atomic E-state index is 0.317. The third-order valence-electron chi connectivity index (χ3n) is 5.13. The van der Waals surface area contributed by atoms with Gasteiger partial charge in [-0.2, -0.15) is 5.10 Å². The number of benzene rings is 1. The summed E-state index contributed by atoms with van der Waals surface area (Å²) in [5, 5.41) is 14.4. The van der Waals surface area contributed by atoms with Gasteiger partial charge in [-0.25, -0.2) is 9.67 Å². The molecule has 1 aliphatic heterocycles. The first-order chi connectivity index (χ1) is 13.7. The van der Waals surface area contributed by atoms with Gasteiger partial charge in [0.25, 0.3) is 5.91 Å². The number of amides is 1. The Morgan fingerprint density at radius 1 is 1.32 bits per heavy atom. The van der Waals surface area contributed by atoms with Crippen molar-refractivity contribution < 1.29 is 4.79 Å². The molecule has 7 nitrogen and oxygen atoms in total.